The Morgan fingerprint density at radius 3 is 2.17 bits per heavy atom. The van der Waals surface area contributed by atoms with Crippen LogP contribution in [-0.4, -0.2) is 37.1 Å². The van der Waals surface area contributed by atoms with E-state index in [4.69, 9.17) is 0 Å². The van der Waals surface area contributed by atoms with E-state index in [-0.39, 0.29) is 18.1 Å². The molecule has 29 heavy (non-hydrogen) atoms. The molecule has 1 aliphatic heterocycles. The molecule has 1 aromatic heterocycles. The van der Waals surface area contributed by atoms with Crippen LogP contribution < -0.4 is 15.1 Å². The molecule has 0 unspecified atom stereocenters. The molecule has 0 radical (unpaired) electrons. The van der Waals surface area contributed by atoms with Gasteiger partial charge in [0.15, 0.2) is 0 Å². The number of hydrogen-bond acceptors (Lipinski definition) is 4. The minimum absolute atomic E-state index is 0.0163. The normalized spacial score (nSPS) is 14.0. The van der Waals surface area contributed by atoms with E-state index in [1.54, 1.807) is 30.5 Å². The Morgan fingerprint density at radius 1 is 0.862 bits per heavy atom. The second kappa shape index (κ2) is 8.73. The van der Waals surface area contributed by atoms with Gasteiger partial charge >= 0.3 is 0 Å². The number of nitrogens with zero attached hydrogens (tertiary/aromatic N) is 3. The minimum Gasteiger partial charge on any atom is -0.368 e. The average molecular weight is 390 g/mol. The number of amides is 1. The molecule has 1 fully saturated rings. The summed E-state index contributed by atoms with van der Waals surface area (Å²) >= 11 is 0. The van der Waals surface area contributed by atoms with Gasteiger partial charge in [0.25, 0.3) is 0 Å². The van der Waals surface area contributed by atoms with Gasteiger partial charge < -0.3 is 15.1 Å². The molecule has 2 aromatic carbocycles. The third-order valence-electron chi connectivity index (χ3n) is 5.09. The van der Waals surface area contributed by atoms with Gasteiger partial charge in [-0.05, 0) is 35.9 Å². The smallest absolute Gasteiger partial charge is 0.230 e. The minimum atomic E-state index is -0.374. The summed E-state index contributed by atoms with van der Waals surface area (Å²) in [5, 5.41) is 2.73. The Morgan fingerprint density at radius 2 is 1.52 bits per heavy atom. The van der Waals surface area contributed by atoms with Crippen molar-refractivity contribution in [3.05, 3.63) is 84.3 Å². The Balaban J connectivity index is 1.31. The summed E-state index contributed by atoms with van der Waals surface area (Å²) in [5.74, 6) is -0.189. The summed E-state index contributed by atoms with van der Waals surface area (Å²) < 4.78 is 13.7. The van der Waals surface area contributed by atoms with Crippen LogP contribution in [0.2, 0.25) is 0 Å². The molecule has 1 aliphatic rings. The number of benzene rings is 2. The highest BCUT2D eigenvalue weighted by Gasteiger charge is 2.18. The summed E-state index contributed by atoms with van der Waals surface area (Å²) in [4.78, 5) is 21.2. The monoisotopic (exact) mass is 390 g/mol. The topological polar surface area (TPSA) is 48.5 Å². The summed E-state index contributed by atoms with van der Waals surface area (Å²) in [6, 6.07) is 20.5. The van der Waals surface area contributed by atoms with E-state index in [1.165, 1.54) is 11.8 Å². The van der Waals surface area contributed by atoms with Crippen LogP contribution in [0.4, 0.5) is 21.6 Å². The maximum absolute atomic E-state index is 13.7. The molecule has 0 atom stereocenters. The first-order valence-electron chi connectivity index (χ1n) is 9.73. The number of pyridine rings is 1. The predicted octanol–water partition coefficient (Wildman–Crippen LogP) is 3.73. The number of hydrogen-bond donors (Lipinski definition) is 1. The number of para-hydroxylation sites is 1. The van der Waals surface area contributed by atoms with Crippen LogP contribution in [-0.2, 0) is 11.2 Å². The van der Waals surface area contributed by atoms with Crippen molar-refractivity contribution in [2.45, 2.75) is 6.42 Å². The lowest BCUT2D eigenvalue weighted by atomic mass is 10.1. The molecule has 6 heteroatoms. The zero-order valence-electron chi connectivity index (χ0n) is 16.1. The fraction of sp³-hybridized carbons (Fsp3) is 0.217. The molecule has 1 N–H and O–H groups in total. The van der Waals surface area contributed by atoms with Crippen LogP contribution in [0.25, 0.3) is 0 Å². The van der Waals surface area contributed by atoms with Crippen LogP contribution in [0.15, 0.2) is 72.9 Å². The lowest BCUT2D eigenvalue weighted by Gasteiger charge is -2.37. The van der Waals surface area contributed by atoms with Gasteiger partial charge in [-0.1, -0.05) is 36.4 Å². The largest absolute Gasteiger partial charge is 0.368 e. The predicted molar refractivity (Wildman–Crippen MR) is 114 cm³/mol. The van der Waals surface area contributed by atoms with Crippen molar-refractivity contribution in [1.29, 1.82) is 0 Å². The van der Waals surface area contributed by atoms with Gasteiger partial charge in [-0.3, -0.25) is 4.79 Å². The highest BCUT2D eigenvalue weighted by atomic mass is 19.1. The molecular formula is C23H23FN4O. The lowest BCUT2D eigenvalue weighted by molar-refractivity contribution is -0.115. The number of anilines is 3. The van der Waals surface area contributed by atoms with Crippen molar-refractivity contribution in [2.75, 3.05) is 41.3 Å². The van der Waals surface area contributed by atoms with E-state index >= 15 is 0 Å². The first-order chi connectivity index (χ1) is 14.2. The fourth-order valence-corrected chi connectivity index (χ4v) is 3.51. The summed E-state index contributed by atoms with van der Waals surface area (Å²) in [6.45, 7) is 3.72. The van der Waals surface area contributed by atoms with Gasteiger partial charge in [0.2, 0.25) is 5.91 Å². The second-order valence-corrected chi connectivity index (χ2v) is 7.03. The van der Waals surface area contributed by atoms with Crippen LogP contribution in [0.1, 0.15) is 5.56 Å². The molecule has 4 rings (SSSR count). The number of rotatable bonds is 5. The molecule has 148 valence electrons. The molecule has 1 saturated heterocycles. The van der Waals surface area contributed by atoms with Gasteiger partial charge in [-0.15, -0.1) is 0 Å². The lowest BCUT2D eigenvalue weighted by Crippen LogP contribution is -2.46. The second-order valence-electron chi connectivity index (χ2n) is 7.03. The first-order valence-corrected chi connectivity index (χ1v) is 9.73. The van der Waals surface area contributed by atoms with Crippen molar-refractivity contribution < 1.29 is 9.18 Å². The third kappa shape index (κ3) is 4.71. The molecule has 5 nitrogen and oxygen atoms in total. The van der Waals surface area contributed by atoms with Gasteiger partial charge in [-0.25, -0.2) is 9.37 Å². The van der Waals surface area contributed by atoms with Crippen molar-refractivity contribution in [2.24, 2.45) is 0 Å². The number of aromatic nitrogens is 1. The van der Waals surface area contributed by atoms with Crippen LogP contribution >= 0.6 is 0 Å². The molecule has 1 amide bonds. The average Bonchev–Trinajstić information content (AvgIpc) is 2.77. The molecule has 0 bridgehead atoms. The van der Waals surface area contributed by atoms with E-state index < -0.39 is 0 Å². The van der Waals surface area contributed by atoms with Crippen LogP contribution in [0.5, 0.6) is 0 Å². The maximum atomic E-state index is 13.7. The molecular weight excluding hydrogens is 367 g/mol. The Kier molecular flexibility index (Phi) is 5.70. The highest BCUT2D eigenvalue weighted by molar-refractivity contribution is 5.91. The Labute approximate surface area is 169 Å². The maximum Gasteiger partial charge on any atom is 0.230 e. The van der Waals surface area contributed by atoms with Crippen molar-refractivity contribution in [3.8, 4) is 0 Å². The van der Waals surface area contributed by atoms with Gasteiger partial charge in [0.05, 0.1) is 18.3 Å². The van der Waals surface area contributed by atoms with E-state index in [2.05, 4.69) is 44.4 Å². The van der Waals surface area contributed by atoms with Crippen molar-refractivity contribution >= 4 is 23.1 Å². The fourth-order valence-electron chi connectivity index (χ4n) is 3.51. The molecule has 0 aliphatic carbocycles. The van der Waals surface area contributed by atoms with Crippen molar-refractivity contribution in [1.82, 2.24) is 4.98 Å². The summed E-state index contributed by atoms with van der Waals surface area (Å²) in [6.07, 6.45) is 1.76. The zero-order valence-corrected chi connectivity index (χ0v) is 16.1. The third-order valence-corrected chi connectivity index (χ3v) is 5.09. The van der Waals surface area contributed by atoms with Gasteiger partial charge in [0, 0.05) is 31.9 Å². The molecule has 3 aromatic rings. The van der Waals surface area contributed by atoms with E-state index in [9.17, 15) is 9.18 Å². The van der Waals surface area contributed by atoms with Gasteiger partial charge in [0.1, 0.15) is 11.6 Å². The number of halogens is 1. The Bertz CT molecular complexity index is 954. The molecule has 0 saturated carbocycles. The van der Waals surface area contributed by atoms with Crippen molar-refractivity contribution in [3.63, 3.8) is 0 Å². The standard InChI is InChI=1S/C23H23FN4O/c24-21-9-5-4-6-18(21)16-23(29)26-22-11-10-20(17-25-22)28-14-12-27(13-15-28)19-7-2-1-3-8-19/h1-11,17H,12-16H2,(H,25,26,29). The number of piperazine rings is 1. The highest BCUT2D eigenvalue weighted by Crippen LogP contribution is 2.21. The van der Waals surface area contributed by atoms with Crippen LogP contribution in [0, 0.1) is 5.82 Å². The van der Waals surface area contributed by atoms with E-state index in [0.717, 1.165) is 31.9 Å². The Hall–Kier alpha value is -3.41. The number of carbonyl (C=O) groups is 1. The van der Waals surface area contributed by atoms with Gasteiger partial charge in [-0.2, -0.15) is 0 Å². The summed E-state index contributed by atoms with van der Waals surface area (Å²) in [5.41, 5.74) is 2.65. The van der Waals surface area contributed by atoms with E-state index in [1.807, 2.05) is 12.1 Å². The number of carbonyl (C=O) groups excluding carboxylic acids is 1. The van der Waals surface area contributed by atoms with Crippen LogP contribution in [0.3, 0.4) is 0 Å². The number of nitrogens with one attached hydrogen (secondary N) is 1. The van der Waals surface area contributed by atoms with E-state index in [0.29, 0.717) is 11.4 Å². The molecule has 2 heterocycles. The first kappa shape index (κ1) is 18.9. The summed E-state index contributed by atoms with van der Waals surface area (Å²) in [7, 11) is 0. The zero-order chi connectivity index (χ0) is 20.1. The SMILES string of the molecule is O=C(Cc1ccccc1F)Nc1ccc(N2CCN(c3ccccc3)CC2)cn1. The molecule has 0 spiro atoms. The quantitative estimate of drug-likeness (QED) is 0.721.